The molecular weight excluding hydrogens is 444 g/mol. The van der Waals surface area contributed by atoms with Crippen LogP contribution in [-0.2, 0) is 9.59 Å². The number of amides is 2. The normalized spacial score (nSPS) is 15.5. The van der Waals surface area contributed by atoms with Crippen molar-refractivity contribution in [1.82, 2.24) is 9.38 Å². The van der Waals surface area contributed by atoms with Crippen molar-refractivity contribution in [2.75, 3.05) is 31.0 Å². The highest BCUT2D eigenvalue weighted by molar-refractivity contribution is 6.04. The highest BCUT2D eigenvalue weighted by Crippen LogP contribution is 2.33. The molecule has 178 valence electrons. The number of carbonyl (C=O) groups is 2. The number of aromatic nitrogens is 2. The highest BCUT2D eigenvalue weighted by Gasteiger charge is 2.35. The smallest absolute Gasteiger partial charge is 0.229 e. The predicted octanol–water partition coefficient (Wildman–Crippen LogP) is 4.32. The molecule has 5 rings (SSSR count). The number of hydrogen-bond donors (Lipinski definition) is 1. The molecule has 0 aliphatic carbocycles. The summed E-state index contributed by atoms with van der Waals surface area (Å²) < 4.78 is 12.7. The monoisotopic (exact) mass is 470 g/mol. The van der Waals surface area contributed by atoms with Crippen LogP contribution in [0.3, 0.4) is 0 Å². The molecule has 35 heavy (non-hydrogen) atoms. The Morgan fingerprint density at radius 2 is 1.94 bits per heavy atom. The van der Waals surface area contributed by atoms with Gasteiger partial charge in [0.1, 0.15) is 17.1 Å². The van der Waals surface area contributed by atoms with Gasteiger partial charge in [0.2, 0.25) is 11.8 Å². The third-order valence-electron chi connectivity index (χ3n) is 6.29. The van der Waals surface area contributed by atoms with Crippen LogP contribution in [0.2, 0.25) is 0 Å². The molecule has 2 aromatic carbocycles. The lowest BCUT2D eigenvalue weighted by Gasteiger charge is -2.18. The van der Waals surface area contributed by atoms with E-state index < -0.39 is 5.92 Å². The van der Waals surface area contributed by atoms with E-state index in [1.807, 2.05) is 72.2 Å². The molecule has 2 aromatic heterocycles. The van der Waals surface area contributed by atoms with Crippen LogP contribution in [0.25, 0.3) is 16.9 Å². The van der Waals surface area contributed by atoms with E-state index in [0.717, 1.165) is 22.5 Å². The third kappa shape index (κ3) is 4.30. The van der Waals surface area contributed by atoms with E-state index in [1.165, 1.54) is 0 Å². The molecule has 2 amide bonds. The summed E-state index contributed by atoms with van der Waals surface area (Å²) >= 11 is 0. The van der Waals surface area contributed by atoms with E-state index in [-0.39, 0.29) is 18.2 Å². The van der Waals surface area contributed by atoms with Crippen LogP contribution in [0.15, 0.2) is 67.0 Å². The maximum atomic E-state index is 13.2. The van der Waals surface area contributed by atoms with Gasteiger partial charge in [0, 0.05) is 42.7 Å². The van der Waals surface area contributed by atoms with Gasteiger partial charge >= 0.3 is 0 Å². The lowest BCUT2D eigenvalue weighted by Crippen LogP contribution is -2.28. The van der Waals surface area contributed by atoms with Crippen molar-refractivity contribution < 1.29 is 19.1 Å². The van der Waals surface area contributed by atoms with E-state index in [9.17, 15) is 9.59 Å². The molecule has 0 spiro atoms. The summed E-state index contributed by atoms with van der Waals surface area (Å²) in [6.07, 6.45) is 4.05. The van der Waals surface area contributed by atoms with Crippen LogP contribution in [0.1, 0.15) is 12.0 Å². The summed E-state index contributed by atoms with van der Waals surface area (Å²) in [5.41, 5.74) is 4.85. The van der Waals surface area contributed by atoms with Crippen LogP contribution in [0, 0.1) is 12.8 Å². The molecule has 1 atom stereocenters. The molecule has 1 unspecified atom stereocenters. The molecule has 3 heterocycles. The fourth-order valence-corrected chi connectivity index (χ4v) is 4.40. The van der Waals surface area contributed by atoms with E-state index in [2.05, 4.69) is 5.32 Å². The Morgan fingerprint density at radius 3 is 2.71 bits per heavy atom. The van der Waals surface area contributed by atoms with Gasteiger partial charge in [0.15, 0.2) is 0 Å². The quantitative estimate of drug-likeness (QED) is 0.454. The first-order chi connectivity index (χ1) is 17.0. The molecule has 0 radical (unpaired) electrons. The maximum absolute atomic E-state index is 13.2. The predicted molar refractivity (Wildman–Crippen MR) is 134 cm³/mol. The van der Waals surface area contributed by atoms with Crippen molar-refractivity contribution in [2.45, 2.75) is 13.3 Å². The van der Waals surface area contributed by atoms with Crippen molar-refractivity contribution in [3.05, 3.63) is 72.6 Å². The summed E-state index contributed by atoms with van der Waals surface area (Å²) in [4.78, 5) is 32.2. The fourth-order valence-electron chi connectivity index (χ4n) is 4.40. The molecule has 1 N–H and O–H groups in total. The number of benzene rings is 2. The number of carbonyl (C=O) groups excluding carboxylic acids is 2. The second kappa shape index (κ2) is 9.13. The zero-order valence-corrected chi connectivity index (χ0v) is 19.8. The third-order valence-corrected chi connectivity index (χ3v) is 6.29. The van der Waals surface area contributed by atoms with Crippen molar-refractivity contribution in [2.24, 2.45) is 5.92 Å². The average Bonchev–Trinajstić information content (AvgIpc) is 3.49. The first-order valence-electron chi connectivity index (χ1n) is 11.3. The lowest BCUT2D eigenvalue weighted by atomic mass is 10.1. The average molecular weight is 471 g/mol. The van der Waals surface area contributed by atoms with Crippen molar-refractivity contribution in [3.8, 4) is 22.8 Å². The van der Waals surface area contributed by atoms with Crippen LogP contribution in [-0.4, -0.2) is 42.0 Å². The Morgan fingerprint density at radius 1 is 1.09 bits per heavy atom. The van der Waals surface area contributed by atoms with Crippen LogP contribution >= 0.6 is 0 Å². The number of aryl methyl sites for hydroxylation is 1. The summed E-state index contributed by atoms with van der Waals surface area (Å²) in [5.74, 6) is 0.382. The number of hydrogen-bond acceptors (Lipinski definition) is 5. The summed E-state index contributed by atoms with van der Waals surface area (Å²) in [6, 6.07) is 16.8. The zero-order chi connectivity index (χ0) is 24.5. The number of pyridine rings is 1. The minimum absolute atomic E-state index is 0.0980. The SMILES string of the molecule is COc1cccc(N2CC(C(=O)Nc3cc(-c4cn5cccc(C)c5n4)ccc3OC)CC2=O)c1. The van der Waals surface area contributed by atoms with Gasteiger partial charge in [-0.3, -0.25) is 9.59 Å². The van der Waals surface area contributed by atoms with Gasteiger partial charge in [-0.15, -0.1) is 0 Å². The van der Waals surface area contributed by atoms with Gasteiger partial charge in [-0.2, -0.15) is 0 Å². The number of anilines is 2. The topological polar surface area (TPSA) is 85.2 Å². The number of fused-ring (bicyclic) bond motifs is 1. The standard InChI is InChI=1S/C27H26N4O4/c1-17-6-5-11-30-16-23(28-26(17)30)18-9-10-24(35-3)22(12-18)29-27(33)19-13-25(32)31(15-19)20-7-4-8-21(14-20)34-2/h4-12,14,16,19H,13,15H2,1-3H3,(H,29,33). The molecular formula is C27H26N4O4. The van der Waals surface area contributed by atoms with Crippen molar-refractivity contribution in [3.63, 3.8) is 0 Å². The number of imidazole rings is 1. The van der Waals surface area contributed by atoms with E-state index >= 15 is 0 Å². The number of methoxy groups -OCH3 is 2. The Bertz CT molecular complexity index is 1430. The van der Waals surface area contributed by atoms with Gasteiger partial charge < -0.3 is 24.1 Å². The van der Waals surface area contributed by atoms with Crippen LogP contribution in [0.5, 0.6) is 11.5 Å². The molecule has 1 aliphatic rings. The Kier molecular flexibility index (Phi) is 5.86. The van der Waals surface area contributed by atoms with Gasteiger partial charge in [0.05, 0.1) is 31.5 Å². The number of rotatable bonds is 6. The fraction of sp³-hybridized carbons (Fsp3) is 0.222. The van der Waals surface area contributed by atoms with E-state index in [0.29, 0.717) is 29.4 Å². The lowest BCUT2D eigenvalue weighted by molar-refractivity contribution is -0.122. The molecule has 0 bridgehead atoms. The number of nitrogens with one attached hydrogen (secondary N) is 1. The van der Waals surface area contributed by atoms with Gasteiger partial charge in [-0.1, -0.05) is 12.1 Å². The maximum Gasteiger partial charge on any atom is 0.229 e. The van der Waals surface area contributed by atoms with E-state index in [1.54, 1.807) is 25.2 Å². The zero-order valence-electron chi connectivity index (χ0n) is 19.8. The first kappa shape index (κ1) is 22.5. The Labute approximate surface area is 203 Å². The minimum Gasteiger partial charge on any atom is -0.497 e. The van der Waals surface area contributed by atoms with Crippen LogP contribution in [0.4, 0.5) is 11.4 Å². The molecule has 1 aliphatic heterocycles. The van der Waals surface area contributed by atoms with Gasteiger partial charge in [-0.25, -0.2) is 4.98 Å². The second-order valence-electron chi connectivity index (χ2n) is 8.56. The minimum atomic E-state index is -0.486. The van der Waals surface area contributed by atoms with Crippen molar-refractivity contribution in [1.29, 1.82) is 0 Å². The molecule has 8 heteroatoms. The van der Waals surface area contributed by atoms with Gasteiger partial charge in [0.25, 0.3) is 0 Å². The Hall–Kier alpha value is -4.33. The molecule has 0 saturated carbocycles. The molecule has 1 saturated heterocycles. The summed E-state index contributed by atoms with van der Waals surface area (Å²) in [7, 11) is 3.14. The van der Waals surface area contributed by atoms with Gasteiger partial charge in [-0.05, 0) is 48.9 Å². The van der Waals surface area contributed by atoms with Crippen molar-refractivity contribution >= 4 is 28.8 Å². The number of nitrogens with zero attached hydrogens (tertiary/aromatic N) is 3. The summed E-state index contributed by atoms with van der Waals surface area (Å²) in [5, 5.41) is 2.97. The highest BCUT2D eigenvalue weighted by atomic mass is 16.5. The number of ether oxygens (including phenoxy) is 2. The largest absolute Gasteiger partial charge is 0.497 e. The first-order valence-corrected chi connectivity index (χ1v) is 11.3. The van der Waals surface area contributed by atoms with Crippen LogP contribution < -0.4 is 19.7 Å². The summed E-state index contributed by atoms with van der Waals surface area (Å²) in [6.45, 7) is 2.31. The van der Waals surface area contributed by atoms with E-state index in [4.69, 9.17) is 14.5 Å². The molecule has 1 fully saturated rings. The molecule has 4 aromatic rings. The Balaban J connectivity index is 1.37. The molecule has 8 nitrogen and oxygen atoms in total. The second-order valence-corrected chi connectivity index (χ2v) is 8.56.